The number of halogens is 2. The normalized spacial score (nSPS) is 16.2. The highest BCUT2D eigenvalue weighted by atomic mass is 79.9. The molecule has 0 aromatic heterocycles. The zero-order chi connectivity index (χ0) is 20.4. The minimum absolute atomic E-state index is 0.125. The number of nitro benzene ring substituents is 1. The molecule has 1 heterocycles. The van der Waals surface area contributed by atoms with Crippen LogP contribution in [0.3, 0.4) is 0 Å². The largest absolute Gasteiger partial charge is 0.351 e. The first-order valence-electron chi connectivity index (χ1n) is 8.05. The van der Waals surface area contributed by atoms with E-state index in [1.54, 1.807) is 19.1 Å². The second kappa shape index (κ2) is 8.03. The SMILES string of the molecule is CC1=C(C(=O)Nc2ccc(F)cc2)C(c2ccc(Br)c([N+](=O)[O-])c2)NC(=S)N1. The van der Waals surface area contributed by atoms with Crippen LogP contribution in [0.15, 0.2) is 58.2 Å². The summed E-state index contributed by atoms with van der Waals surface area (Å²) >= 11 is 8.33. The summed E-state index contributed by atoms with van der Waals surface area (Å²) in [6.45, 7) is 1.69. The van der Waals surface area contributed by atoms with Gasteiger partial charge in [-0.15, -0.1) is 0 Å². The Morgan fingerprint density at radius 2 is 1.96 bits per heavy atom. The third-order valence-electron chi connectivity index (χ3n) is 4.12. The number of hydrogen-bond acceptors (Lipinski definition) is 4. The van der Waals surface area contributed by atoms with E-state index in [2.05, 4.69) is 31.9 Å². The van der Waals surface area contributed by atoms with E-state index >= 15 is 0 Å². The lowest BCUT2D eigenvalue weighted by Crippen LogP contribution is -2.45. The highest BCUT2D eigenvalue weighted by Crippen LogP contribution is 2.33. The van der Waals surface area contributed by atoms with Gasteiger partial charge in [-0.05, 0) is 71.0 Å². The molecule has 144 valence electrons. The molecule has 0 saturated carbocycles. The molecule has 0 radical (unpaired) electrons. The van der Waals surface area contributed by atoms with Crippen LogP contribution in [0.5, 0.6) is 0 Å². The van der Waals surface area contributed by atoms with Crippen molar-refractivity contribution in [3.8, 4) is 0 Å². The van der Waals surface area contributed by atoms with Crippen LogP contribution in [0, 0.1) is 15.9 Å². The molecule has 0 aliphatic carbocycles. The fourth-order valence-electron chi connectivity index (χ4n) is 2.83. The van der Waals surface area contributed by atoms with Gasteiger partial charge in [-0.25, -0.2) is 4.39 Å². The van der Waals surface area contributed by atoms with E-state index in [0.29, 0.717) is 32.1 Å². The van der Waals surface area contributed by atoms with Crippen molar-refractivity contribution in [2.45, 2.75) is 13.0 Å². The number of nitro groups is 1. The Labute approximate surface area is 173 Å². The van der Waals surface area contributed by atoms with Crippen LogP contribution in [0.25, 0.3) is 0 Å². The van der Waals surface area contributed by atoms with Crippen LogP contribution in [0.4, 0.5) is 15.8 Å². The number of benzene rings is 2. The summed E-state index contributed by atoms with van der Waals surface area (Å²) in [5, 5.41) is 20.1. The predicted octanol–water partition coefficient (Wildman–Crippen LogP) is 3.93. The first kappa shape index (κ1) is 19.9. The molecule has 7 nitrogen and oxygen atoms in total. The van der Waals surface area contributed by atoms with Gasteiger partial charge < -0.3 is 16.0 Å². The molecular formula is C18H14BrFN4O3S. The van der Waals surface area contributed by atoms with E-state index < -0.39 is 22.7 Å². The highest BCUT2D eigenvalue weighted by Gasteiger charge is 2.31. The molecule has 1 atom stereocenters. The summed E-state index contributed by atoms with van der Waals surface area (Å²) in [7, 11) is 0. The number of nitrogens with zero attached hydrogens (tertiary/aromatic N) is 1. The van der Waals surface area contributed by atoms with Crippen molar-refractivity contribution in [2.75, 3.05) is 5.32 Å². The highest BCUT2D eigenvalue weighted by molar-refractivity contribution is 9.10. The second-order valence-corrected chi connectivity index (χ2v) is 7.26. The predicted molar refractivity (Wildman–Crippen MR) is 110 cm³/mol. The number of thiocarbonyl (C=S) groups is 1. The van der Waals surface area contributed by atoms with Crippen molar-refractivity contribution < 1.29 is 14.1 Å². The fourth-order valence-corrected chi connectivity index (χ4v) is 3.49. The van der Waals surface area contributed by atoms with E-state index in [1.165, 1.54) is 30.3 Å². The zero-order valence-electron chi connectivity index (χ0n) is 14.5. The second-order valence-electron chi connectivity index (χ2n) is 6.00. The Morgan fingerprint density at radius 1 is 1.29 bits per heavy atom. The molecule has 0 saturated heterocycles. The first-order chi connectivity index (χ1) is 13.3. The lowest BCUT2D eigenvalue weighted by Gasteiger charge is -2.30. The quantitative estimate of drug-likeness (QED) is 0.360. The van der Waals surface area contributed by atoms with Gasteiger partial charge in [0, 0.05) is 17.5 Å². The van der Waals surface area contributed by atoms with Gasteiger partial charge in [0.15, 0.2) is 5.11 Å². The lowest BCUT2D eigenvalue weighted by molar-refractivity contribution is -0.385. The average Bonchev–Trinajstić information content (AvgIpc) is 2.63. The zero-order valence-corrected chi connectivity index (χ0v) is 16.9. The summed E-state index contributed by atoms with van der Waals surface area (Å²) in [4.78, 5) is 23.7. The maximum Gasteiger partial charge on any atom is 0.283 e. The van der Waals surface area contributed by atoms with Gasteiger partial charge in [0.05, 0.1) is 21.0 Å². The summed E-state index contributed by atoms with van der Waals surface area (Å²) in [6, 6.07) is 9.26. The molecule has 2 aromatic rings. The Bertz CT molecular complexity index is 1010. The van der Waals surface area contributed by atoms with E-state index in [0.717, 1.165) is 0 Å². The van der Waals surface area contributed by atoms with Gasteiger partial charge in [0.25, 0.3) is 11.6 Å². The van der Waals surface area contributed by atoms with Gasteiger partial charge in [-0.2, -0.15) is 0 Å². The molecule has 0 spiro atoms. The minimum atomic E-state index is -0.694. The van der Waals surface area contributed by atoms with Gasteiger partial charge >= 0.3 is 0 Å². The van der Waals surface area contributed by atoms with Crippen molar-refractivity contribution in [3.05, 3.63) is 79.7 Å². The smallest absolute Gasteiger partial charge is 0.283 e. The Balaban J connectivity index is 1.99. The van der Waals surface area contributed by atoms with E-state index in [-0.39, 0.29) is 5.69 Å². The third kappa shape index (κ3) is 4.18. The maximum absolute atomic E-state index is 13.1. The number of rotatable bonds is 4. The van der Waals surface area contributed by atoms with Gasteiger partial charge in [0.2, 0.25) is 0 Å². The summed E-state index contributed by atoms with van der Waals surface area (Å²) in [5.41, 5.74) is 1.62. The molecule has 0 bridgehead atoms. The number of hydrogen-bond donors (Lipinski definition) is 3. The fraction of sp³-hybridized carbons (Fsp3) is 0.111. The Hall–Kier alpha value is -2.85. The maximum atomic E-state index is 13.1. The van der Waals surface area contributed by atoms with Crippen molar-refractivity contribution in [2.24, 2.45) is 0 Å². The van der Waals surface area contributed by atoms with Crippen LogP contribution in [-0.4, -0.2) is 15.9 Å². The summed E-state index contributed by atoms with van der Waals surface area (Å²) in [6.07, 6.45) is 0. The van der Waals surface area contributed by atoms with E-state index in [1.807, 2.05) is 0 Å². The van der Waals surface area contributed by atoms with Crippen LogP contribution < -0.4 is 16.0 Å². The molecule has 1 amide bonds. The van der Waals surface area contributed by atoms with Crippen LogP contribution >= 0.6 is 28.1 Å². The molecular weight excluding hydrogens is 451 g/mol. The number of carbonyl (C=O) groups excluding carboxylic acids is 1. The number of amides is 1. The molecule has 3 rings (SSSR count). The molecule has 1 aliphatic heterocycles. The molecule has 1 unspecified atom stereocenters. The molecule has 28 heavy (non-hydrogen) atoms. The lowest BCUT2D eigenvalue weighted by atomic mass is 9.94. The third-order valence-corrected chi connectivity index (χ3v) is 5.01. The Kier molecular flexibility index (Phi) is 5.71. The van der Waals surface area contributed by atoms with Crippen LogP contribution in [0.2, 0.25) is 0 Å². The summed E-state index contributed by atoms with van der Waals surface area (Å²) < 4.78 is 13.4. The molecule has 2 aromatic carbocycles. The standard InChI is InChI=1S/C18H14BrFN4O3S/c1-9-15(17(25)22-12-5-3-11(20)4-6-12)16(23-18(28)21-9)10-2-7-13(19)14(8-10)24(26)27/h2-8,16H,1H3,(H,22,25)(H2,21,23,28). The van der Waals surface area contributed by atoms with E-state index in [4.69, 9.17) is 12.2 Å². The number of anilines is 1. The Morgan fingerprint density at radius 3 is 2.61 bits per heavy atom. The molecule has 3 N–H and O–H groups in total. The van der Waals surface area contributed by atoms with Crippen molar-refractivity contribution in [3.63, 3.8) is 0 Å². The molecule has 1 aliphatic rings. The first-order valence-corrected chi connectivity index (χ1v) is 9.25. The van der Waals surface area contributed by atoms with Gasteiger partial charge in [0.1, 0.15) is 5.82 Å². The summed E-state index contributed by atoms with van der Waals surface area (Å²) in [5.74, 6) is -0.859. The van der Waals surface area contributed by atoms with Gasteiger partial charge in [-0.1, -0.05) is 6.07 Å². The van der Waals surface area contributed by atoms with Crippen molar-refractivity contribution in [1.82, 2.24) is 10.6 Å². The molecule has 10 heteroatoms. The van der Waals surface area contributed by atoms with Crippen LogP contribution in [-0.2, 0) is 4.79 Å². The minimum Gasteiger partial charge on any atom is -0.351 e. The monoisotopic (exact) mass is 464 g/mol. The number of carbonyl (C=O) groups is 1. The van der Waals surface area contributed by atoms with Crippen molar-refractivity contribution in [1.29, 1.82) is 0 Å². The average molecular weight is 465 g/mol. The molecule has 0 fully saturated rings. The number of allylic oxidation sites excluding steroid dienone is 1. The van der Waals surface area contributed by atoms with Crippen molar-refractivity contribution >= 4 is 50.5 Å². The topological polar surface area (TPSA) is 96.3 Å². The van der Waals surface area contributed by atoms with Gasteiger partial charge in [-0.3, -0.25) is 14.9 Å². The van der Waals surface area contributed by atoms with Crippen LogP contribution in [0.1, 0.15) is 18.5 Å². The number of nitrogens with one attached hydrogen (secondary N) is 3. The van der Waals surface area contributed by atoms with E-state index in [9.17, 15) is 19.3 Å².